The molecule has 0 bridgehead atoms. The second kappa shape index (κ2) is 9.11. The van der Waals surface area contributed by atoms with E-state index in [1.165, 1.54) is 39.9 Å². The van der Waals surface area contributed by atoms with Crippen LogP contribution < -0.4 is 5.32 Å². The summed E-state index contributed by atoms with van der Waals surface area (Å²) in [6, 6.07) is 6.02. The number of carbonyl (C=O) groups is 1. The Labute approximate surface area is 166 Å². The predicted octanol–water partition coefficient (Wildman–Crippen LogP) is 1.97. The van der Waals surface area contributed by atoms with Crippen molar-refractivity contribution in [3.05, 3.63) is 29.8 Å². The van der Waals surface area contributed by atoms with Crippen LogP contribution in [0.2, 0.25) is 0 Å². The maximum atomic E-state index is 12.6. The number of rotatable bonds is 8. The van der Waals surface area contributed by atoms with Crippen molar-refractivity contribution in [1.29, 1.82) is 0 Å². The molecule has 1 fully saturated rings. The number of morpholine rings is 1. The molecule has 11 heteroatoms. The molecule has 1 aliphatic rings. The maximum Gasteiger partial charge on any atom is 0.243 e. The van der Waals surface area contributed by atoms with E-state index < -0.39 is 10.0 Å². The van der Waals surface area contributed by atoms with E-state index in [2.05, 4.69) is 15.5 Å². The number of ketones is 1. The summed E-state index contributed by atoms with van der Waals surface area (Å²) in [7, 11) is -3.56. The van der Waals surface area contributed by atoms with Crippen molar-refractivity contribution in [3.63, 3.8) is 0 Å². The van der Waals surface area contributed by atoms with E-state index in [1.54, 1.807) is 11.8 Å². The van der Waals surface area contributed by atoms with Gasteiger partial charge in [-0.1, -0.05) is 30.0 Å². The van der Waals surface area contributed by atoms with Gasteiger partial charge in [0.2, 0.25) is 15.2 Å². The zero-order valence-electron chi connectivity index (χ0n) is 14.8. The van der Waals surface area contributed by atoms with Crippen molar-refractivity contribution in [2.75, 3.05) is 43.9 Å². The molecule has 1 aliphatic heterocycles. The smallest absolute Gasteiger partial charge is 0.243 e. The number of nitrogens with zero attached hydrogens (tertiary/aromatic N) is 3. The number of hydrogen-bond acceptors (Lipinski definition) is 9. The molecule has 0 unspecified atom stereocenters. The van der Waals surface area contributed by atoms with Crippen LogP contribution in [0.4, 0.5) is 5.13 Å². The van der Waals surface area contributed by atoms with Crippen LogP contribution in [0.5, 0.6) is 0 Å². The number of nitrogens with one attached hydrogen (secondary N) is 1. The van der Waals surface area contributed by atoms with Crippen LogP contribution in [0.3, 0.4) is 0 Å². The molecule has 3 rings (SSSR count). The second-order valence-corrected chi connectivity index (χ2v) is 10.1. The number of carbonyl (C=O) groups excluding carboxylic acids is 1. The standard InChI is InChI=1S/C16H20N4O4S3/c1-2-25-16-19-18-15(26-16)17-11-14(21)12-3-5-13(6-4-12)27(22,23)20-7-9-24-10-8-20/h3-6H,2,7-11H2,1H3,(H,17,18). The third-order valence-electron chi connectivity index (χ3n) is 3.86. The van der Waals surface area contributed by atoms with Crippen LogP contribution in [0.15, 0.2) is 33.5 Å². The average molecular weight is 429 g/mol. The van der Waals surface area contributed by atoms with Crippen LogP contribution in [0.1, 0.15) is 17.3 Å². The van der Waals surface area contributed by atoms with Crippen molar-refractivity contribution in [3.8, 4) is 0 Å². The minimum absolute atomic E-state index is 0.0704. The lowest BCUT2D eigenvalue weighted by atomic mass is 10.1. The Balaban J connectivity index is 1.61. The predicted molar refractivity (Wildman–Crippen MR) is 105 cm³/mol. The van der Waals surface area contributed by atoms with Crippen LogP contribution in [-0.4, -0.2) is 67.3 Å². The normalized spacial score (nSPS) is 15.6. The van der Waals surface area contributed by atoms with Gasteiger partial charge in [0.05, 0.1) is 24.7 Å². The lowest BCUT2D eigenvalue weighted by molar-refractivity contribution is 0.0730. The molecule has 2 aromatic rings. The number of ether oxygens (including phenoxy) is 1. The Kier molecular flexibility index (Phi) is 6.82. The maximum absolute atomic E-state index is 12.6. The monoisotopic (exact) mass is 428 g/mol. The Bertz CT molecular complexity index is 877. The molecule has 27 heavy (non-hydrogen) atoms. The van der Waals surface area contributed by atoms with Gasteiger partial charge >= 0.3 is 0 Å². The SMILES string of the molecule is CCSc1nnc(NCC(=O)c2ccc(S(=O)(=O)N3CCOCC3)cc2)s1. The largest absolute Gasteiger partial charge is 0.379 e. The molecule has 1 aromatic carbocycles. The third-order valence-corrected chi connectivity index (χ3v) is 7.67. The molecule has 0 spiro atoms. The molecular weight excluding hydrogens is 408 g/mol. The van der Waals surface area contributed by atoms with E-state index in [0.717, 1.165) is 10.1 Å². The number of anilines is 1. The molecule has 0 atom stereocenters. The first-order chi connectivity index (χ1) is 13.0. The minimum atomic E-state index is -3.56. The fraction of sp³-hybridized carbons (Fsp3) is 0.438. The fourth-order valence-electron chi connectivity index (χ4n) is 2.47. The van der Waals surface area contributed by atoms with Gasteiger partial charge in [0.1, 0.15) is 0 Å². The first kappa shape index (κ1) is 20.2. The molecule has 0 aliphatic carbocycles. The summed E-state index contributed by atoms with van der Waals surface area (Å²) in [6.45, 7) is 3.57. The lowest BCUT2D eigenvalue weighted by Crippen LogP contribution is -2.40. The number of thioether (sulfide) groups is 1. The first-order valence-electron chi connectivity index (χ1n) is 8.42. The highest BCUT2D eigenvalue weighted by molar-refractivity contribution is 8.01. The number of aromatic nitrogens is 2. The van der Waals surface area contributed by atoms with Gasteiger partial charge in [-0.15, -0.1) is 10.2 Å². The van der Waals surface area contributed by atoms with Gasteiger partial charge in [-0.25, -0.2) is 8.42 Å². The van der Waals surface area contributed by atoms with E-state index in [4.69, 9.17) is 4.74 Å². The Morgan fingerprint density at radius 1 is 1.26 bits per heavy atom. The van der Waals surface area contributed by atoms with Crippen LogP contribution >= 0.6 is 23.1 Å². The number of hydrogen-bond donors (Lipinski definition) is 1. The van der Waals surface area contributed by atoms with Crippen LogP contribution in [0, 0.1) is 0 Å². The van der Waals surface area contributed by atoms with Gasteiger partial charge in [0, 0.05) is 18.7 Å². The van der Waals surface area contributed by atoms with Gasteiger partial charge in [0.25, 0.3) is 0 Å². The summed E-state index contributed by atoms with van der Waals surface area (Å²) < 4.78 is 32.6. The number of sulfonamides is 1. The van der Waals surface area contributed by atoms with Crippen molar-refractivity contribution in [2.24, 2.45) is 0 Å². The quantitative estimate of drug-likeness (QED) is 0.503. The van der Waals surface area contributed by atoms with E-state index in [9.17, 15) is 13.2 Å². The van der Waals surface area contributed by atoms with Crippen molar-refractivity contribution in [1.82, 2.24) is 14.5 Å². The van der Waals surface area contributed by atoms with Gasteiger partial charge in [0.15, 0.2) is 10.1 Å². The third kappa shape index (κ3) is 5.05. The number of Topliss-reactive ketones (excluding diaryl/α,β-unsaturated/α-hetero) is 1. The molecule has 1 aromatic heterocycles. The van der Waals surface area contributed by atoms with Crippen LogP contribution in [0.25, 0.3) is 0 Å². The fourth-order valence-corrected chi connectivity index (χ4v) is 5.52. The summed E-state index contributed by atoms with van der Waals surface area (Å²) >= 11 is 2.99. The summed E-state index contributed by atoms with van der Waals surface area (Å²) in [4.78, 5) is 12.5. The Morgan fingerprint density at radius 3 is 2.63 bits per heavy atom. The Hall–Kier alpha value is -1.53. The number of benzene rings is 1. The molecule has 0 radical (unpaired) electrons. The highest BCUT2D eigenvalue weighted by Gasteiger charge is 2.26. The minimum Gasteiger partial charge on any atom is -0.379 e. The van der Waals surface area contributed by atoms with Gasteiger partial charge < -0.3 is 10.1 Å². The van der Waals surface area contributed by atoms with Gasteiger partial charge in [-0.3, -0.25) is 4.79 Å². The van der Waals surface area contributed by atoms with Gasteiger partial charge in [-0.2, -0.15) is 4.31 Å². The Morgan fingerprint density at radius 2 is 1.96 bits per heavy atom. The molecule has 1 saturated heterocycles. The molecular formula is C16H20N4O4S3. The van der Waals surface area contributed by atoms with E-state index in [-0.39, 0.29) is 17.2 Å². The molecule has 0 saturated carbocycles. The molecule has 146 valence electrons. The van der Waals surface area contributed by atoms with Gasteiger partial charge in [-0.05, 0) is 30.0 Å². The highest BCUT2D eigenvalue weighted by atomic mass is 32.2. The topological polar surface area (TPSA) is 101 Å². The van der Waals surface area contributed by atoms with Crippen LogP contribution in [-0.2, 0) is 14.8 Å². The van der Waals surface area contributed by atoms with Crippen molar-refractivity contribution >= 4 is 44.0 Å². The second-order valence-electron chi connectivity index (χ2n) is 5.62. The summed E-state index contributed by atoms with van der Waals surface area (Å²) in [5, 5.41) is 11.6. The highest BCUT2D eigenvalue weighted by Crippen LogP contribution is 2.25. The lowest BCUT2D eigenvalue weighted by Gasteiger charge is -2.26. The van der Waals surface area contributed by atoms with E-state index >= 15 is 0 Å². The summed E-state index contributed by atoms with van der Waals surface area (Å²) in [5.74, 6) is 0.762. The van der Waals surface area contributed by atoms with Crippen molar-refractivity contribution in [2.45, 2.75) is 16.2 Å². The first-order valence-corrected chi connectivity index (χ1v) is 11.7. The molecule has 8 nitrogen and oxygen atoms in total. The van der Waals surface area contributed by atoms with Crippen molar-refractivity contribution < 1.29 is 17.9 Å². The molecule has 2 heterocycles. The molecule has 0 amide bonds. The average Bonchev–Trinajstić information content (AvgIpc) is 3.15. The molecule has 1 N–H and O–H groups in total. The summed E-state index contributed by atoms with van der Waals surface area (Å²) in [6.07, 6.45) is 0. The van der Waals surface area contributed by atoms with E-state index in [1.807, 2.05) is 6.92 Å². The van der Waals surface area contributed by atoms with E-state index in [0.29, 0.717) is 37.0 Å². The summed E-state index contributed by atoms with van der Waals surface area (Å²) in [5.41, 5.74) is 0.441. The zero-order valence-corrected chi connectivity index (χ0v) is 17.2. The zero-order chi connectivity index (χ0) is 19.3.